The normalized spacial score (nSPS) is 18.8. The average Bonchev–Trinajstić information content (AvgIpc) is 2.60. The summed E-state index contributed by atoms with van der Waals surface area (Å²) in [6.07, 6.45) is 3.18. The second-order valence-corrected chi connectivity index (χ2v) is 8.54. The molecule has 1 aromatic carbocycles. The molecule has 1 aromatic heterocycles. The molecule has 1 aliphatic heterocycles. The number of hydrogen-bond donors (Lipinski definition) is 1. The number of para-hydroxylation sites is 1. The van der Waals surface area contributed by atoms with Crippen LogP contribution in [0.1, 0.15) is 25.1 Å². The van der Waals surface area contributed by atoms with Gasteiger partial charge in [-0.05, 0) is 25.0 Å². The monoisotopic (exact) mass is 378 g/mol. The molecule has 8 nitrogen and oxygen atoms in total. The van der Waals surface area contributed by atoms with Crippen LogP contribution in [0.4, 0.5) is 0 Å². The Bertz CT molecular complexity index is 986. The number of benzene rings is 1. The first kappa shape index (κ1) is 18.5. The van der Waals surface area contributed by atoms with Crippen molar-refractivity contribution in [3.8, 4) is 0 Å². The molecular weight excluding hydrogens is 356 g/mol. The van der Waals surface area contributed by atoms with Gasteiger partial charge in [-0.1, -0.05) is 18.6 Å². The minimum atomic E-state index is -3.45. The van der Waals surface area contributed by atoms with Crippen LogP contribution in [0.5, 0.6) is 0 Å². The van der Waals surface area contributed by atoms with Gasteiger partial charge in [-0.15, -0.1) is 0 Å². The number of carbonyl (C=O) groups excluding carboxylic acids is 1. The van der Waals surface area contributed by atoms with Crippen molar-refractivity contribution >= 4 is 26.8 Å². The van der Waals surface area contributed by atoms with E-state index in [0.717, 1.165) is 19.1 Å². The number of aromatic nitrogens is 2. The molecule has 1 saturated heterocycles. The number of H-pyrrole nitrogens is 1. The highest BCUT2D eigenvalue weighted by Crippen LogP contribution is 2.21. The highest BCUT2D eigenvalue weighted by Gasteiger charge is 2.36. The van der Waals surface area contributed by atoms with Crippen molar-refractivity contribution in [3.63, 3.8) is 0 Å². The molecule has 3 rings (SSSR count). The fraction of sp³-hybridized carbons (Fsp3) is 0.471. The third-order valence-electron chi connectivity index (χ3n) is 4.59. The molecule has 26 heavy (non-hydrogen) atoms. The molecule has 0 bridgehead atoms. The molecule has 2 heterocycles. The van der Waals surface area contributed by atoms with Gasteiger partial charge in [0, 0.05) is 13.6 Å². The van der Waals surface area contributed by atoms with Gasteiger partial charge in [-0.25, -0.2) is 13.4 Å². The first-order chi connectivity index (χ1) is 12.3. The number of aromatic amines is 1. The summed E-state index contributed by atoms with van der Waals surface area (Å²) in [4.78, 5) is 33.5. The van der Waals surface area contributed by atoms with Crippen molar-refractivity contribution in [2.75, 3.05) is 19.8 Å². The maximum Gasteiger partial charge on any atom is 0.258 e. The van der Waals surface area contributed by atoms with E-state index in [9.17, 15) is 18.0 Å². The largest absolute Gasteiger partial charge is 0.337 e. The molecule has 1 atom stereocenters. The molecule has 1 amide bonds. The maximum absolute atomic E-state index is 12.8. The number of rotatable bonds is 4. The van der Waals surface area contributed by atoms with Crippen LogP contribution in [0.2, 0.25) is 0 Å². The van der Waals surface area contributed by atoms with Crippen LogP contribution in [0.3, 0.4) is 0 Å². The Balaban J connectivity index is 1.82. The standard InChI is InChI=1S/C17H22N4O4S/c1-20(17(23)14-9-5-6-10-21(14)26(2,24)25)11-15-18-13-8-4-3-7-12(13)16(22)19-15/h3-4,7-8,14H,5-6,9-11H2,1-2H3,(H,18,19,22)/t14-/m1/s1. The maximum atomic E-state index is 12.8. The zero-order valence-electron chi connectivity index (χ0n) is 14.8. The molecule has 0 radical (unpaired) electrons. The molecule has 9 heteroatoms. The van der Waals surface area contributed by atoms with E-state index in [0.29, 0.717) is 29.7 Å². The van der Waals surface area contributed by atoms with Gasteiger partial charge in [-0.2, -0.15) is 4.31 Å². The van der Waals surface area contributed by atoms with E-state index in [2.05, 4.69) is 9.97 Å². The lowest BCUT2D eigenvalue weighted by molar-refractivity contribution is -0.135. The minimum absolute atomic E-state index is 0.104. The average molecular weight is 378 g/mol. The van der Waals surface area contributed by atoms with E-state index in [4.69, 9.17) is 0 Å². The van der Waals surface area contributed by atoms with Crippen molar-refractivity contribution in [1.82, 2.24) is 19.2 Å². The Kier molecular flexibility index (Phi) is 5.10. The second kappa shape index (κ2) is 7.16. The Morgan fingerprint density at radius 2 is 2.08 bits per heavy atom. The smallest absolute Gasteiger partial charge is 0.258 e. The fourth-order valence-corrected chi connectivity index (χ4v) is 4.43. The SMILES string of the molecule is CN(Cc1nc2ccccc2c(=O)[nH]1)C(=O)[C@H]1CCCCN1S(C)(=O)=O. The van der Waals surface area contributed by atoms with E-state index in [1.54, 1.807) is 31.3 Å². The molecule has 0 unspecified atom stereocenters. The molecule has 2 aromatic rings. The van der Waals surface area contributed by atoms with Crippen LogP contribution in [0.25, 0.3) is 10.9 Å². The number of fused-ring (bicyclic) bond motifs is 1. The number of sulfonamides is 1. The predicted octanol–water partition coefficient (Wildman–Crippen LogP) is 0.696. The summed E-state index contributed by atoms with van der Waals surface area (Å²) < 4.78 is 25.2. The number of piperidine rings is 1. The molecule has 0 saturated carbocycles. The van der Waals surface area contributed by atoms with Gasteiger partial charge < -0.3 is 9.88 Å². The van der Waals surface area contributed by atoms with Gasteiger partial charge in [0.15, 0.2) is 0 Å². The quantitative estimate of drug-likeness (QED) is 0.843. The van der Waals surface area contributed by atoms with Gasteiger partial charge in [0.1, 0.15) is 11.9 Å². The number of likely N-dealkylation sites (N-methyl/N-ethyl adjacent to an activating group) is 1. The number of hydrogen-bond acceptors (Lipinski definition) is 5. The van der Waals surface area contributed by atoms with Gasteiger partial charge in [-0.3, -0.25) is 9.59 Å². The van der Waals surface area contributed by atoms with E-state index < -0.39 is 16.1 Å². The van der Waals surface area contributed by atoms with Crippen LogP contribution < -0.4 is 5.56 Å². The highest BCUT2D eigenvalue weighted by atomic mass is 32.2. The lowest BCUT2D eigenvalue weighted by Crippen LogP contribution is -2.51. The highest BCUT2D eigenvalue weighted by molar-refractivity contribution is 7.88. The van der Waals surface area contributed by atoms with Gasteiger partial charge in [0.05, 0.1) is 23.7 Å². The molecular formula is C17H22N4O4S. The lowest BCUT2D eigenvalue weighted by atomic mass is 10.0. The fourth-order valence-electron chi connectivity index (χ4n) is 3.32. The molecule has 0 spiro atoms. The van der Waals surface area contributed by atoms with Crippen LogP contribution in [-0.4, -0.2) is 59.4 Å². The summed E-state index contributed by atoms with van der Waals surface area (Å²) in [7, 11) is -1.86. The molecule has 1 N–H and O–H groups in total. The van der Waals surface area contributed by atoms with Gasteiger partial charge in [0.2, 0.25) is 15.9 Å². The van der Waals surface area contributed by atoms with Crippen LogP contribution in [0.15, 0.2) is 29.1 Å². The Labute approximate surface area is 151 Å². The van der Waals surface area contributed by atoms with Crippen molar-refractivity contribution in [2.45, 2.75) is 31.8 Å². The number of amides is 1. The minimum Gasteiger partial charge on any atom is -0.337 e. The summed E-state index contributed by atoms with van der Waals surface area (Å²) in [6, 6.07) is 6.28. The summed E-state index contributed by atoms with van der Waals surface area (Å²) in [5, 5.41) is 0.487. The number of nitrogens with zero attached hydrogens (tertiary/aromatic N) is 3. The van der Waals surface area contributed by atoms with Gasteiger partial charge in [0.25, 0.3) is 5.56 Å². The van der Waals surface area contributed by atoms with Crippen LogP contribution in [-0.2, 0) is 21.4 Å². The summed E-state index contributed by atoms with van der Waals surface area (Å²) in [5.74, 6) is 0.0807. The zero-order chi connectivity index (χ0) is 18.9. The third-order valence-corrected chi connectivity index (χ3v) is 5.88. The second-order valence-electron chi connectivity index (χ2n) is 6.61. The van der Waals surface area contributed by atoms with E-state index in [1.807, 2.05) is 0 Å². The van der Waals surface area contributed by atoms with Crippen LogP contribution in [0, 0.1) is 0 Å². The van der Waals surface area contributed by atoms with Gasteiger partial charge >= 0.3 is 0 Å². The predicted molar refractivity (Wildman–Crippen MR) is 98.0 cm³/mol. The molecule has 1 fully saturated rings. The molecule has 140 valence electrons. The molecule has 0 aliphatic carbocycles. The summed E-state index contributed by atoms with van der Waals surface area (Å²) in [6.45, 7) is 0.459. The van der Waals surface area contributed by atoms with Crippen LogP contribution >= 0.6 is 0 Å². The molecule has 1 aliphatic rings. The van der Waals surface area contributed by atoms with Crippen molar-refractivity contribution in [1.29, 1.82) is 0 Å². The number of carbonyl (C=O) groups is 1. The Morgan fingerprint density at radius 1 is 1.35 bits per heavy atom. The first-order valence-corrected chi connectivity index (χ1v) is 10.3. The van der Waals surface area contributed by atoms with E-state index >= 15 is 0 Å². The zero-order valence-corrected chi connectivity index (χ0v) is 15.6. The Hall–Kier alpha value is -2.26. The topological polar surface area (TPSA) is 103 Å². The summed E-state index contributed by atoms with van der Waals surface area (Å²) in [5.41, 5.74) is 0.296. The number of nitrogens with one attached hydrogen (secondary N) is 1. The Morgan fingerprint density at radius 3 is 2.81 bits per heavy atom. The van der Waals surface area contributed by atoms with Crippen molar-refractivity contribution in [3.05, 3.63) is 40.4 Å². The van der Waals surface area contributed by atoms with Crippen molar-refractivity contribution < 1.29 is 13.2 Å². The van der Waals surface area contributed by atoms with E-state index in [-0.39, 0.29) is 18.0 Å². The van der Waals surface area contributed by atoms with Crippen molar-refractivity contribution in [2.24, 2.45) is 0 Å². The van der Waals surface area contributed by atoms with E-state index in [1.165, 1.54) is 9.21 Å². The first-order valence-electron chi connectivity index (χ1n) is 8.47. The lowest BCUT2D eigenvalue weighted by Gasteiger charge is -2.34. The third kappa shape index (κ3) is 3.78. The summed E-state index contributed by atoms with van der Waals surface area (Å²) >= 11 is 0.